The largest absolute Gasteiger partial charge is 0.329 e. The molecule has 2 rings (SSSR count). The van der Waals surface area contributed by atoms with Crippen LogP contribution in [0.5, 0.6) is 0 Å². The van der Waals surface area contributed by atoms with Gasteiger partial charge in [-0.3, -0.25) is 4.90 Å². The maximum atomic E-state index is 11.9. The summed E-state index contributed by atoms with van der Waals surface area (Å²) in [5.74, 6) is 2.32. The Morgan fingerprint density at radius 1 is 1.39 bits per heavy atom. The van der Waals surface area contributed by atoms with Crippen molar-refractivity contribution in [3.05, 3.63) is 0 Å². The molecule has 0 amide bonds. The lowest BCUT2D eigenvalue weighted by Gasteiger charge is -2.42. The summed E-state index contributed by atoms with van der Waals surface area (Å²) in [6.07, 6.45) is 6.32. The summed E-state index contributed by atoms with van der Waals surface area (Å²) in [6, 6.07) is 0.258. The van der Waals surface area contributed by atoms with Crippen molar-refractivity contribution in [1.82, 2.24) is 4.90 Å². The minimum atomic E-state index is -3.01. The number of hydrogen-bond donors (Lipinski definition) is 1. The molecule has 0 aromatic heterocycles. The van der Waals surface area contributed by atoms with E-state index in [1.54, 1.807) is 11.8 Å². The van der Waals surface area contributed by atoms with Gasteiger partial charge < -0.3 is 5.73 Å². The molecule has 4 nitrogen and oxygen atoms in total. The molecule has 6 heteroatoms. The summed E-state index contributed by atoms with van der Waals surface area (Å²) in [4.78, 5) is 2.18. The van der Waals surface area contributed by atoms with Crippen LogP contribution < -0.4 is 5.73 Å². The lowest BCUT2D eigenvalue weighted by molar-refractivity contribution is 0.143. The van der Waals surface area contributed by atoms with Crippen LogP contribution >= 0.6 is 11.8 Å². The van der Waals surface area contributed by atoms with E-state index < -0.39 is 9.84 Å². The number of hydrogen-bond acceptors (Lipinski definition) is 5. The van der Waals surface area contributed by atoms with E-state index in [9.17, 15) is 8.42 Å². The molecule has 0 spiro atoms. The molecule has 2 atom stereocenters. The summed E-state index contributed by atoms with van der Waals surface area (Å²) in [6.45, 7) is 1.45. The van der Waals surface area contributed by atoms with E-state index in [1.807, 2.05) is 0 Å². The van der Waals surface area contributed by atoms with Crippen molar-refractivity contribution in [1.29, 1.82) is 0 Å². The zero-order valence-electron chi connectivity index (χ0n) is 11.0. The Labute approximate surface area is 115 Å². The SMILES string of the molecule is CS(=O)(=O)C1CSCCN1C(CN)C1CCCC1. The van der Waals surface area contributed by atoms with Crippen molar-refractivity contribution in [3.8, 4) is 0 Å². The van der Waals surface area contributed by atoms with Gasteiger partial charge in [-0.15, -0.1) is 0 Å². The maximum absolute atomic E-state index is 11.9. The lowest BCUT2D eigenvalue weighted by Crippen LogP contribution is -2.56. The van der Waals surface area contributed by atoms with Crippen LogP contribution in [0.4, 0.5) is 0 Å². The van der Waals surface area contributed by atoms with Crippen molar-refractivity contribution in [2.75, 3.05) is 30.9 Å². The number of rotatable bonds is 4. The maximum Gasteiger partial charge on any atom is 0.164 e. The molecule has 106 valence electrons. The highest BCUT2D eigenvalue weighted by atomic mass is 32.2. The van der Waals surface area contributed by atoms with Crippen LogP contribution in [0.25, 0.3) is 0 Å². The highest BCUT2D eigenvalue weighted by Crippen LogP contribution is 2.33. The lowest BCUT2D eigenvalue weighted by atomic mass is 9.96. The van der Waals surface area contributed by atoms with Crippen LogP contribution in [0.3, 0.4) is 0 Å². The number of nitrogens with two attached hydrogens (primary N) is 1. The van der Waals surface area contributed by atoms with Gasteiger partial charge in [0.05, 0.1) is 0 Å². The average molecular weight is 292 g/mol. The first-order chi connectivity index (χ1) is 8.54. The van der Waals surface area contributed by atoms with E-state index >= 15 is 0 Å². The van der Waals surface area contributed by atoms with Crippen molar-refractivity contribution in [2.45, 2.75) is 37.1 Å². The van der Waals surface area contributed by atoms with Crippen molar-refractivity contribution < 1.29 is 8.42 Å². The fourth-order valence-corrected chi connectivity index (χ4v) is 6.21. The Kier molecular flexibility index (Phi) is 4.97. The second kappa shape index (κ2) is 6.11. The molecule has 2 aliphatic rings. The second-order valence-corrected chi connectivity index (χ2v) is 8.80. The fourth-order valence-electron chi connectivity index (χ4n) is 3.28. The molecule has 1 heterocycles. The van der Waals surface area contributed by atoms with Crippen LogP contribution in [-0.4, -0.2) is 55.6 Å². The third-order valence-electron chi connectivity index (χ3n) is 4.23. The van der Waals surface area contributed by atoms with E-state index in [0.29, 0.717) is 18.2 Å². The molecule has 1 saturated heterocycles. The third-order valence-corrected chi connectivity index (χ3v) is 6.89. The summed E-state index contributed by atoms with van der Waals surface area (Å²) >= 11 is 1.74. The van der Waals surface area contributed by atoms with Gasteiger partial charge in [-0.25, -0.2) is 8.42 Å². The number of nitrogens with zero attached hydrogens (tertiary/aromatic N) is 1. The zero-order valence-corrected chi connectivity index (χ0v) is 12.7. The Bertz CT molecular complexity index is 366. The molecular formula is C12H24N2O2S2. The summed E-state index contributed by atoms with van der Waals surface area (Å²) < 4.78 is 23.9. The Hall–Kier alpha value is 0.220. The van der Waals surface area contributed by atoms with Crippen molar-refractivity contribution >= 4 is 21.6 Å². The van der Waals surface area contributed by atoms with Gasteiger partial charge in [-0.2, -0.15) is 11.8 Å². The van der Waals surface area contributed by atoms with E-state index in [4.69, 9.17) is 5.73 Å². The van der Waals surface area contributed by atoms with Crippen LogP contribution in [0.2, 0.25) is 0 Å². The van der Waals surface area contributed by atoms with Crippen molar-refractivity contribution in [3.63, 3.8) is 0 Å². The molecule has 2 unspecified atom stereocenters. The van der Waals surface area contributed by atoms with Gasteiger partial charge in [0.1, 0.15) is 5.37 Å². The second-order valence-electron chi connectivity index (χ2n) is 5.44. The minimum Gasteiger partial charge on any atom is -0.329 e. The topological polar surface area (TPSA) is 63.4 Å². The summed E-state index contributed by atoms with van der Waals surface area (Å²) in [5, 5.41) is -0.328. The molecule has 0 radical (unpaired) electrons. The standard InChI is InChI=1S/C12H24N2O2S2/c1-18(15,16)12-9-17-7-6-14(12)11(8-13)10-4-2-3-5-10/h10-12H,2-9,13H2,1H3. The first-order valence-electron chi connectivity index (χ1n) is 6.76. The molecule has 1 saturated carbocycles. The van der Waals surface area contributed by atoms with Gasteiger partial charge in [-0.05, 0) is 18.8 Å². The molecule has 0 bridgehead atoms. The quantitative estimate of drug-likeness (QED) is 0.835. The normalized spacial score (nSPS) is 29.6. The highest BCUT2D eigenvalue weighted by molar-refractivity contribution is 8.00. The van der Waals surface area contributed by atoms with Crippen LogP contribution in [-0.2, 0) is 9.84 Å². The highest BCUT2D eigenvalue weighted by Gasteiger charge is 2.38. The number of sulfone groups is 1. The zero-order chi connectivity index (χ0) is 13.2. The molecular weight excluding hydrogens is 268 g/mol. The Balaban J connectivity index is 2.15. The minimum absolute atomic E-state index is 0.258. The Morgan fingerprint density at radius 3 is 2.61 bits per heavy atom. The average Bonchev–Trinajstić information content (AvgIpc) is 2.83. The molecule has 0 aromatic carbocycles. The molecule has 1 aliphatic carbocycles. The predicted octanol–water partition coefficient (Wildman–Crippen LogP) is 0.923. The fraction of sp³-hybridized carbons (Fsp3) is 1.00. The van der Waals surface area contributed by atoms with Gasteiger partial charge >= 0.3 is 0 Å². The summed E-state index contributed by atoms with van der Waals surface area (Å²) in [5.41, 5.74) is 5.95. The van der Waals surface area contributed by atoms with Crippen LogP contribution in [0.1, 0.15) is 25.7 Å². The van der Waals surface area contributed by atoms with Gasteiger partial charge in [0.15, 0.2) is 9.84 Å². The predicted molar refractivity (Wildman–Crippen MR) is 77.5 cm³/mol. The third kappa shape index (κ3) is 3.21. The molecule has 2 N–H and O–H groups in total. The first-order valence-corrected chi connectivity index (χ1v) is 9.87. The molecule has 18 heavy (non-hydrogen) atoms. The van der Waals surface area contributed by atoms with Gasteiger partial charge in [-0.1, -0.05) is 12.8 Å². The van der Waals surface area contributed by atoms with Crippen LogP contribution in [0, 0.1) is 5.92 Å². The summed E-state index contributed by atoms with van der Waals surface area (Å²) in [7, 11) is -3.01. The van der Waals surface area contributed by atoms with E-state index in [1.165, 1.54) is 31.9 Å². The Morgan fingerprint density at radius 2 is 2.06 bits per heavy atom. The number of thioether (sulfide) groups is 1. The monoisotopic (exact) mass is 292 g/mol. The smallest absolute Gasteiger partial charge is 0.164 e. The first kappa shape index (κ1) is 14.6. The molecule has 2 fully saturated rings. The van der Waals surface area contributed by atoms with E-state index in [2.05, 4.69) is 4.90 Å². The van der Waals surface area contributed by atoms with Gasteiger partial charge in [0.25, 0.3) is 0 Å². The van der Waals surface area contributed by atoms with E-state index in [0.717, 1.165) is 12.3 Å². The molecule has 1 aliphatic heterocycles. The van der Waals surface area contributed by atoms with Gasteiger partial charge in [0, 0.05) is 36.9 Å². The van der Waals surface area contributed by atoms with E-state index in [-0.39, 0.29) is 11.4 Å². The van der Waals surface area contributed by atoms with Crippen LogP contribution in [0.15, 0.2) is 0 Å². The molecule has 0 aromatic rings. The van der Waals surface area contributed by atoms with Crippen molar-refractivity contribution in [2.24, 2.45) is 11.7 Å². The van der Waals surface area contributed by atoms with Gasteiger partial charge in [0.2, 0.25) is 0 Å².